The number of hydrogen-bond acceptors (Lipinski definition) is 7. The van der Waals surface area contributed by atoms with E-state index in [1.165, 1.54) is 29.7 Å². The topological polar surface area (TPSA) is 134 Å². The van der Waals surface area contributed by atoms with Crippen molar-refractivity contribution in [3.8, 4) is 0 Å². The fraction of sp³-hybridized carbons (Fsp3) is 0.565. The summed E-state index contributed by atoms with van der Waals surface area (Å²) in [5, 5.41) is 3.25. The molecule has 2 aromatic rings. The quantitative estimate of drug-likeness (QED) is 0.238. The van der Waals surface area contributed by atoms with Gasteiger partial charge in [-0.3, -0.25) is 9.36 Å². The number of carbonyl (C=O) groups is 1. The smallest absolute Gasteiger partial charge is 0.323 e. The van der Waals surface area contributed by atoms with Gasteiger partial charge in [-0.1, -0.05) is 74.8 Å². The molecule has 1 aromatic heterocycles. The van der Waals surface area contributed by atoms with Gasteiger partial charge in [0.2, 0.25) is 5.91 Å². The van der Waals surface area contributed by atoms with Crippen molar-refractivity contribution in [2.45, 2.75) is 78.3 Å². The zero-order valence-electron chi connectivity index (χ0n) is 20.1. The molecule has 0 radical (unpaired) electrons. The number of aromatic nitrogens is 1. The van der Waals surface area contributed by atoms with Crippen LogP contribution in [-0.2, 0) is 19.2 Å². The van der Waals surface area contributed by atoms with E-state index < -0.39 is 27.8 Å². The third-order valence-electron chi connectivity index (χ3n) is 6.71. The molecule has 8 nitrogen and oxygen atoms in total. The van der Waals surface area contributed by atoms with Crippen LogP contribution in [0.25, 0.3) is 0 Å². The van der Waals surface area contributed by atoms with Crippen LogP contribution in [0.15, 0.2) is 39.6 Å². The first-order chi connectivity index (χ1) is 16.4. The van der Waals surface area contributed by atoms with Gasteiger partial charge in [0, 0.05) is 6.26 Å². The Balaban J connectivity index is 1.80. The first kappa shape index (κ1) is 28.3. The van der Waals surface area contributed by atoms with Gasteiger partial charge in [0.05, 0.1) is 21.2 Å². The molecule has 1 fully saturated rings. The lowest BCUT2D eigenvalue weighted by Crippen LogP contribution is -2.23. The molecule has 1 aliphatic rings. The average Bonchev–Trinajstić information content (AvgIpc) is 3.46. The number of rotatable bonds is 11. The summed E-state index contributed by atoms with van der Waals surface area (Å²) in [5.74, 6) is -0.241. The van der Waals surface area contributed by atoms with Crippen molar-refractivity contribution in [1.29, 1.82) is 0 Å². The van der Waals surface area contributed by atoms with Crippen LogP contribution in [-0.4, -0.2) is 39.8 Å². The molecule has 12 heteroatoms. The molecular formula is C23H33N2O6PS3. The van der Waals surface area contributed by atoms with Gasteiger partial charge in [-0.2, -0.15) is 0 Å². The predicted octanol–water partition coefficient (Wildman–Crippen LogP) is 5.64. The summed E-state index contributed by atoms with van der Waals surface area (Å²) >= 11 is 2.30. The highest BCUT2D eigenvalue weighted by atomic mass is 32.2. The van der Waals surface area contributed by atoms with E-state index in [9.17, 15) is 27.6 Å². The van der Waals surface area contributed by atoms with E-state index in [-0.39, 0.29) is 10.8 Å². The maximum atomic E-state index is 13.4. The Hall–Kier alpha value is -1.23. The van der Waals surface area contributed by atoms with Crippen LogP contribution >= 0.6 is 30.7 Å². The fourth-order valence-corrected chi connectivity index (χ4v) is 9.14. The standard InChI is InChI=1S/C23H33N2O6PS3/c1-4-23(5-2,32(27,28)29)34-20-15-24-22(33-20)25-21(26)19(14-16-8-6-7-9-16)17-10-12-18(13-11-17)35(3,30)31/h10-13,15-16,19H,4-9,14H2,1-3H3,(H,24,25,26)(H2,27,28,29)/t19-/m1/s1. The van der Waals surface area contributed by atoms with Crippen molar-refractivity contribution in [3.05, 3.63) is 36.0 Å². The number of benzene rings is 1. The van der Waals surface area contributed by atoms with E-state index in [0.717, 1.165) is 49.3 Å². The zero-order chi connectivity index (χ0) is 25.9. The van der Waals surface area contributed by atoms with Gasteiger partial charge in [-0.05, 0) is 42.9 Å². The van der Waals surface area contributed by atoms with Crippen LogP contribution in [0.2, 0.25) is 0 Å². The Labute approximate surface area is 215 Å². The number of nitrogens with zero attached hydrogens (tertiary/aromatic N) is 1. The van der Waals surface area contributed by atoms with Crippen molar-refractivity contribution in [1.82, 2.24) is 4.98 Å². The molecule has 1 aliphatic carbocycles. The Morgan fingerprint density at radius 1 is 1.23 bits per heavy atom. The minimum absolute atomic E-state index is 0.211. The van der Waals surface area contributed by atoms with Crippen molar-refractivity contribution in [3.63, 3.8) is 0 Å². The van der Waals surface area contributed by atoms with Crippen LogP contribution < -0.4 is 5.32 Å². The van der Waals surface area contributed by atoms with Crippen molar-refractivity contribution >= 4 is 51.6 Å². The second-order valence-corrected chi connectivity index (χ2v) is 16.0. The summed E-state index contributed by atoms with van der Waals surface area (Å²) < 4.78 is 35.2. The molecule has 1 heterocycles. The van der Waals surface area contributed by atoms with Crippen LogP contribution in [0.3, 0.4) is 0 Å². The molecule has 35 heavy (non-hydrogen) atoms. The maximum Gasteiger partial charge on any atom is 0.341 e. The zero-order valence-corrected chi connectivity index (χ0v) is 23.5. The van der Waals surface area contributed by atoms with Crippen molar-refractivity contribution in [2.75, 3.05) is 11.6 Å². The van der Waals surface area contributed by atoms with Gasteiger partial charge in [-0.15, -0.1) is 0 Å². The molecular weight excluding hydrogens is 527 g/mol. The molecule has 3 N–H and O–H groups in total. The molecule has 0 saturated heterocycles. The SMILES string of the molecule is CCC(CC)(Sc1cnc(NC(=O)[C@H](CC2CCCC2)c2ccc(S(C)(=O)=O)cc2)s1)P(=O)(O)O. The van der Waals surface area contributed by atoms with Crippen LogP contribution in [0.5, 0.6) is 0 Å². The number of hydrogen-bond donors (Lipinski definition) is 3. The van der Waals surface area contributed by atoms with Gasteiger partial charge >= 0.3 is 7.60 Å². The Morgan fingerprint density at radius 2 is 1.83 bits per heavy atom. The number of amides is 1. The number of sulfone groups is 1. The lowest BCUT2D eigenvalue weighted by molar-refractivity contribution is -0.118. The van der Waals surface area contributed by atoms with E-state index >= 15 is 0 Å². The number of thioether (sulfide) groups is 1. The van der Waals surface area contributed by atoms with Gasteiger partial charge in [0.25, 0.3) is 0 Å². The van der Waals surface area contributed by atoms with Crippen LogP contribution in [0, 0.1) is 5.92 Å². The predicted molar refractivity (Wildman–Crippen MR) is 141 cm³/mol. The Bertz CT molecular complexity index is 1170. The lowest BCUT2D eigenvalue weighted by atomic mass is 9.87. The molecule has 0 unspecified atom stereocenters. The normalized spacial score (nSPS) is 16.4. The molecule has 1 amide bonds. The largest absolute Gasteiger partial charge is 0.341 e. The van der Waals surface area contributed by atoms with Gasteiger partial charge in [-0.25, -0.2) is 13.4 Å². The maximum absolute atomic E-state index is 13.4. The summed E-state index contributed by atoms with van der Waals surface area (Å²) in [6.45, 7) is 3.50. The van der Waals surface area contributed by atoms with Gasteiger partial charge < -0.3 is 15.1 Å². The lowest BCUT2D eigenvalue weighted by Gasteiger charge is -2.30. The molecule has 3 rings (SSSR count). The summed E-state index contributed by atoms with van der Waals surface area (Å²) in [7, 11) is -7.70. The molecule has 194 valence electrons. The first-order valence-corrected chi connectivity index (χ1v) is 16.8. The van der Waals surface area contributed by atoms with Gasteiger partial charge in [0.15, 0.2) is 15.0 Å². The summed E-state index contributed by atoms with van der Waals surface area (Å²) in [5.41, 5.74) is 0.755. The summed E-state index contributed by atoms with van der Waals surface area (Å²) in [4.78, 5) is 37.7. The minimum atomic E-state index is -4.37. The van der Waals surface area contributed by atoms with E-state index in [1.54, 1.807) is 26.0 Å². The minimum Gasteiger partial charge on any atom is -0.323 e. The number of carbonyl (C=O) groups excluding carboxylic acids is 1. The number of anilines is 1. The monoisotopic (exact) mass is 560 g/mol. The fourth-order valence-electron chi connectivity index (χ4n) is 4.53. The third-order valence-corrected chi connectivity index (χ3v) is 13.0. The first-order valence-electron chi connectivity index (χ1n) is 11.7. The van der Waals surface area contributed by atoms with E-state index in [1.807, 2.05) is 0 Å². The second-order valence-electron chi connectivity index (χ2n) is 9.05. The summed E-state index contributed by atoms with van der Waals surface area (Å²) in [6.07, 6.45) is 8.39. The highest BCUT2D eigenvalue weighted by Crippen LogP contribution is 2.63. The Morgan fingerprint density at radius 3 is 2.34 bits per heavy atom. The Kier molecular flexibility index (Phi) is 9.26. The van der Waals surface area contributed by atoms with Crippen LogP contribution in [0.4, 0.5) is 5.13 Å². The molecule has 1 aromatic carbocycles. The van der Waals surface area contributed by atoms with E-state index in [4.69, 9.17) is 0 Å². The second kappa shape index (κ2) is 11.4. The van der Waals surface area contributed by atoms with Crippen molar-refractivity contribution in [2.24, 2.45) is 5.92 Å². The molecule has 0 bridgehead atoms. The molecule has 0 spiro atoms. The van der Waals surface area contributed by atoms with Gasteiger partial charge in [0.1, 0.15) is 4.49 Å². The number of nitrogens with one attached hydrogen (secondary N) is 1. The molecule has 0 aliphatic heterocycles. The third kappa shape index (κ3) is 6.96. The average molecular weight is 561 g/mol. The van der Waals surface area contributed by atoms with Crippen molar-refractivity contribution < 1.29 is 27.6 Å². The summed E-state index contributed by atoms with van der Waals surface area (Å²) in [6, 6.07) is 6.48. The highest BCUT2D eigenvalue weighted by Gasteiger charge is 2.45. The molecule has 1 saturated carbocycles. The van der Waals surface area contributed by atoms with E-state index in [0.29, 0.717) is 34.5 Å². The van der Waals surface area contributed by atoms with Crippen LogP contribution in [0.1, 0.15) is 70.3 Å². The highest BCUT2D eigenvalue weighted by molar-refractivity contribution is 8.07. The number of thiazole rings is 1. The van der Waals surface area contributed by atoms with E-state index in [2.05, 4.69) is 10.3 Å². The molecule has 1 atom stereocenters.